The van der Waals surface area contributed by atoms with Crippen LogP contribution in [0, 0.1) is 0 Å². The predicted molar refractivity (Wildman–Crippen MR) is 144 cm³/mol. The maximum absolute atomic E-state index is 11.9. The topological polar surface area (TPSA) is 92.7 Å². The van der Waals surface area contributed by atoms with Crippen LogP contribution in [0.15, 0.2) is 72.8 Å². The Hall–Kier alpha value is -3.58. The summed E-state index contributed by atoms with van der Waals surface area (Å²) in [5.74, 6) is -0.225. The fraction of sp³-hybridized carbons (Fsp3) is 0.276. The van der Waals surface area contributed by atoms with Crippen molar-refractivity contribution in [3.8, 4) is 22.3 Å². The average molecular weight is 506 g/mol. The Kier molecular flexibility index (Phi) is 8.93. The summed E-state index contributed by atoms with van der Waals surface area (Å²) in [5, 5.41) is 11.8. The lowest BCUT2D eigenvalue weighted by Gasteiger charge is -2.21. The van der Waals surface area contributed by atoms with Gasteiger partial charge in [0.05, 0.1) is 0 Å². The molecule has 0 saturated carbocycles. The second kappa shape index (κ2) is 11.9. The Bertz CT molecular complexity index is 1210. The first-order chi connectivity index (χ1) is 17.0. The zero-order valence-electron chi connectivity index (χ0n) is 20.9. The Morgan fingerprint density at radius 1 is 0.889 bits per heavy atom. The monoisotopic (exact) mass is 505 g/mol. The highest BCUT2D eigenvalue weighted by Gasteiger charge is 2.23. The summed E-state index contributed by atoms with van der Waals surface area (Å²) in [4.78, 5) is 35.4. The van der Waals surface area contributed by atoms with Crippen molar-refractivity contribution in [2.45, 2.75) is 45.1 Å². The summed E-state index contributed by atoms with van der Waals surface area (Å²) in [6.07, 6.45) is -0.740. The number of nitrogens with one attached hydrogen (secondary N) is 1. The second-order valence-corrected chi connectivity index (χ2v) is 10.5. The van der Waals surface area contributed by atoms with E-state index in [1.54, 1.807) is 27.7 Å². The van der Waals surface area contributed by atoms with Gasteiger partial charge < -0.3 is 15.2 Å². The molecule has 1 amide bonds. The van der Waals surface area contributed by atoms with E-state index in [1.165, 1.54) is 11.8 Å². The highest BCUT2D eigenvalue weighted by Crippen LogP contribution is 2.28. The molecule has 2 N–H and O–H groups in total. The molecule has 3 rings (SSSR count). The minimum atomic E-state index is -1.10. The minimum absolute atomic E-state index is 0.0402. The molecule has 0 aliphatic carbocycles. The van der Waals surface area contributed by atoms with Gasteiger partial charge in [-0.25, -0.2) is 9.59 Å². The van der Waals surface area contributed by atoms with Gasteiger partial charge in [-0.05, 0) is 55.5 Å². The SMILES string of the molecule is CC(=O)c1ccccc1-c1ccc(-c2ccc(CSC[C@H](NC(=O)OC(C)(C)C)C(=O)O)cc2)cc1. The number of carbonyl (C=O) groups excluding carboxylic acids is 2. The van der Waals surface area contributed by atoms with Crippen LogP contribution in [0.1, 0.15) is 43.6 Å². The standard InChI is InChI=1S/C29H31NO5S/c1-19(31)24-7-5-6-8-25(24)23-15-13-22(14-16-23)21-11-9-20(10-12-21)17-36-18-26(27(32)33)30-28(34)35-29(2,3)4/h5-16,26H,17-18H2,1-4H3,(H,30,34)(H,32,33)/t26-/m0/s1. The molecule has 3 aromatic rings. The predicted octanol–water partition coefficient (Wildman–Crippen LogP) is 6.43. The van der Waals surface area contributed by atoms with E-state index in [0.717, 1.165) is 27.8 Å². The van der Waals surface area contributed by atoms with Crippen molar-refractivity contribution in [2.24, 2.45) is 0 Å². The van der Waals surface area contributed by atoms with Crippen LogP contribution in [0.2, 0.25) is 0 Å². The zero-order valence-corrected chi connectivity index (χ0v) is 21.7. The average Bonchev–Trinajstić information content (AvgIpc) is 2.82. The van der Waals surface area contributed by atoms with Gasteiger partial charge in [-0.15, -0.1) is 0 Å². The molecule has 0 spiro atoms. The second-order valence-electron chi connectivity index (χ2n) is 9.43. The van der Waals surface area contributed by atoms with Gasteiger partial charge in [0.15, 0.2) is 5.78 Å². The first-order valence-electron chi connectivity index (χ1n) is 11.6. The third-order valence-corrected chi connectivity index (χ3v) is 6.44. The fourth-order valence-corrected chi connectivity index (χ4v) is 4.60. The summed E-state index contributed by atoms with van der Waals surface area (Å²) < 4.78 is 5.15. The van der Waals surface area contributed by atoms with Gasteiger partial charge >= 0.3 is 12.1 Å². The van der Waals surface area contributed by atoms with Crippen LogP contribution in [0.5, 0.6) is 0 Å². The number of carboxylic acids is 1. The van der Waals surface area contributed by atoms with E-state index in [4.69, 9.17) is 4.74 Å². The Morgan fingerprint density at radius 3 is 2.00 bits per heavy atom. The molecular weight excluding hydrogens is 474 g/mol. The molecule has 0 aliphatic heterocycles. The van der Waals surface area contributed by atoms with Gasteiger partial charge in [0.25, 0.3) is 0 Å². The van der Waals surface area contributed by atoms with Crippen LogP contribution in [0.4, 0.5) is 4.79 Å². The molecule has 6 nitrogen and oxygen atoms in total. The Balaban J connectivity index is 1.59. The Morgan fingerprint density at radius 2 is 1.44 bits per heavy atom. The Labute approximate surface area is 216 Å². The van der Waals surface area contributed by atoms with Gasteiger partial charge in [-0.3, -0.25) is 4.79 Å². The number of ether oxygens (including phenoxy) is 1. The molecule has 0 bridgehead atoms. The van der Waals surface area contributed by atoms with E-state index >= 15 is 0 Å². The first kappa shape index (κ1) is 27.0. The lowest BCUT2D eigenvalue weighted by Crippen LogP contribution is -2.44. The summed E-state index contributed by atoms with van der Waals surface area (Å²) in [5.41, 5.74) is 5.10. The third-order valence-electron chi connectivity index (χ3n) is 5.33. The molecule has 0 aromatic heterocycles. The summed E-state index contributed by atoms with van der Waals surface area (Å²) in [6.45, 7) is 6.75. The number of hydrogen-bond acceptors (Lipinski definition) is 5. The summed E-state index contributed by atoms with van der Waals surface area (Å²) >= 11 is 1.43. The molecule has 0 aliphatic rings. The molecule has 1 atom stereocenters. The number of carboxylic acid groups (broad SMARTS) is 1. The van der Waals surface area contributed by atoms with E-state index in [-0.39, 0.29) is 11.5 Å². The highest BCUT2D eigenvalue weighted by molar-refractivity contribution is 7.98. The smallest absolute Gasteiger partial charge is 0.408 e. The van der Waals surface area contributed by atoms with E-state index in [0.29, 0.717) is 11.3 Å². The molecule has 0 fully saturated rings. The van der Waals surface area contributed by atoms with E-state index in [9.17, 15) is 19.5 Å². The molecule has 7 heteroatoms. The van der Waals surface area contributed by atoms with Gasteiger partial charge in [-0.1, -0.05) is 72.8 Å². The number of thioether (sulfide) groups is 1. The van der Waals surface area contributed by atoms with Crippen molar-refractivity contribution in [3.63, 3.8) is 0 Å². The van der Waals surface area contributed by atoms with Crippen molar-refractivity contribution in [2.75, 3.05) is 5.75 Å². The largest absolute Gasteiger partial charge is 0.480 e. The van der Waals surface area contributed by atoms with Crippen LogP contribution in [-0.2, 0) is 15.3 Å². The normalized spacial score (nSPS) is 12.0. The van der Waals surface area contributed by atoms with Gasteiger partial charge in [0.1, 0.15) is 11.6 Å². The number of ketones is 1. The number of carbonyl (C=O) groups is 3. The van der Waals surface area contributed by atoms with E-state index in [1.807, 2.05) is 72.8 Å². The molecule has 0 radical (unpaired) electrons. The molecular formula is C29H31NO5S. The fourth-order valence-electron chi connectivity index (χ4n) is 3.60. The number of rotatable bonds is 9. The molecule has 0 unspecified atom stereocenters. The van der Waals surface area contributed by atoms with Crippen molar-refractivity contribution >= 4 is 29.6 Å². The van der Waals surface area contributed by atoms with Crippen molar-refractivity contribution in [1.29, 1.82) is 0 Å². The molecule has 0 saturated heterocycles. The molecule has 36 heavy (non-hydrogen) atoms. The number of hydrogen-bond donors (Lipinski definition) is 2. The van der Waals surface area contributed by atoms with E-state index in [2.05, 4.69) is 5.32 Å². The molecule has 3 aromatic carbocycles. The van der Waals surface area contributed by atoms with Gasteiger partial charge in [-0.2, -0.15) is 11.8 Å². The zero-order chi connectivity index (χ0) is 26.3. The van der Waals surface area contributed by atoms with Crippen LogP contribution in [-0.4, -0.2) is 40.3 Å². The number of benzene rings is 3. The maximum Gasteiger partial charge on any atom is 0.408 e. The van der Waals surface area contributed by atoms with Gasteiger partial charge in [0, 0.05) is 17.1 Å². The van der Waals surface area contributed by atoms with E-state index < -0.39 is 23.7 Å². The summed E-state index contributed by atoms with van der Waals surface area (Å²) in [7, 11) is 0. The van der Waals surface area contributed by atoms with Crippen LogP contribution in [0.25, 0.3) is 22.3 Å². The maximum atomic E-state index is 11.9. The van der Waals surface area contributed by atoms with Gasteiger partial charge in [0.2, 0.25) is 0 Å². The number of alkyl carbamates (subject to hydrolysis) is 1. The van der Waals surface area contributed by atoms with Crippen LogP contribution < -0.4 is 5.32 Å². The van der Waals surface area contributed by atoms with Crippen LogP contribution in [0.3, 0.4) is 0 Å². The first-order valence-corrected chi connectivity index (χ1v) is 12.8. The molecule has 0 heterocycles. The number of aliphatic carboxylic acids is 1. The lowest BCUT2D eigenvalue weighted by atomic mass is 9.95. The quantitative estimate of drug-likeness (QED) is 0.325. The molecule has 188 valence electrons. The lowest BCUT2D eigenvalue weighted by molar-refractivity contribution is -0.138. The highest BCUT2D eigenvalue weighted by atomic mass is 32.2. The third kappa shape index (κ3) is 7.71. The van der Waals surface area contributed by atoms with Crippen molar-refractivity contribution in [1.82, 2.24) is 5.32 Å². The van der Waals surface area contributed by atoms with Crippen LogP contribution >= 0.6 is 11.8 Å². The minimum Gasteiger partial charge on any atom is -0.480 e. The van der Waals surface area contributed by atoms with Crippen molar-refractivity contribution < 1.29 is 24.2 Å². The number of Topliss-reactive ketones (excluding diaryl/α,β-unsaturated/α-hetero) is 1. The van der Waals surface area contributed by atoms with Crippen molar-refractivity contribution in [3.05, 3.63) is 83.9 Å². The number of amides is 1. The summed E-state index contributed by atoms with van der Waals surface area (Å²) in [6, 6.07) is 22.8.